The van der Waals surface area contributed by atoms with E-state index >= 15 is 0 Å². The molecule has 1 N–H and O–H groups in total. The quantitative estimate of drug-likeness (QED) is 0.189. The van der Waals surface area contributed by atoms with Crippen molar-refractivity contribution in [2.45, 2.75) is 39.2 Å². The molecule has 0 saturated heterocycles. The van der Waals surface area contributed by atoms with Gasteiger partial charge in [0.25, 0.3) is 0 Å². The highest BCUT2D eigenvalue weighted by atomic mass is 15.3. The highest BCUT2D eigenvalue weighted by Crippen LogP contribution is 2.50. The SMILES string of the molecule is CC1=C(N(c2ccccc2)C(C)c2cc(C3=CC=CNC3)cc(-c3ccc4c(c3)-c3ccccc3C4(C)C)c2)N(C)CC(c2ccccc2)=C1. The van der Waals surface area contributed by atoms with Crippen LogP contribution in [0.1, 0.15) is 61.6 Å². The summed E-state index contributed by atoms with van der Waals surface area (Å²) in [5.74, 6) is 1.23. The summed E-state index contributed by atoms with van der Waals surface area (Å²) in [6, 6.07) is 45.0. The van der Waals surface area contributed by atoms with E-state index in [-0.39, 0.29) is 11.5 Å². The van der Waals surface area contributed by atoms with Crippen molar-refractivity contribution in [3.05, 3.63) is 185 Å². The lowest BCUT2D eigenvalue weighted by molar-refractivity contribution is 0.428. The third-order valence-corrected chi connectivity index (χ3v) is 10.8. The largest absolute Gasteiger partial charge is 0.387 e. The minimum absolute atomic E-state index is 0.0144. The van der Waals surface area contributed by atoms with Crippen molar-refractivity contribution in [3.63, 3.8) is 0 Å². The van der Waals surface area contributed by atoms with Gasteiger partial charge in [0.1, 0.15) is 5.82 Å². The first-order chi connectivity index (χ1) is 24.3. The van der Waals surface area contributed by atoms with Crippen LogP contribution < -0.4 is 10.2 Å². The van der Waals surface area contributed by atoms with Gasteiger partial charge in [-0.25, -0.2) is 0 Å². The van der Waals surface area contributed by atoms with Crippen LogP contribution in [0.4, 0.5) is 5.69 Å². The zero-order valence-corrected chi connectivity index (χ0v) is 29.7. The lowest BCUT2D eigenvalue weighted by atomic mass is 9.82. The lowest BCUT2D eigenvalue weighted by Crippen LogP contribution is -2.38. The van der Waals surface area contributed by atoms with E-state index in [1.807, 2.05) is 6.20 Å². The van der Waals surface area contributed by atoms with Crippen LogP contribution in [0.3, 0.4) is 0 Å². The van der Waals surface area contributed by atoms with Crippen molar-refractivity contribution in [3.8, 4) is 22.3 Å². The van der Waals surface area contributed by atoms with Crippen molar-refractivity contribution in [2.24, 2.45) is 0 Å². The van der Waals surface area contributed by atoms with Gasteiger partial charge in [0.2, 0.25) is 0 Å². The topological polar surface area (TPSA) is 18.5 Å². The summed E-state index contributed by atoms with van der Waals surface area (Å²) in [4.78, 5) is 4.95. The van der Waals surface area contributed by atoms with Gasteiger partial charge in [-0.1, -0.05) is 111 Å². The third kappa shape index (κ3) is 5.57. The van der Waals surface area contributed by atoms with Gasteiger partial charge >= 0.3 is 0 Å². The highest BCUT2D eigenvalue weighted by Gasteiger charge is 2.35. The lowest BCUT2D eigenvalue weighted by Gasteiger charge is -2.41. The summed E-state index contributed by atoms with van der Waals surface area (Å²) in [7, 11) is 2.23. The maximum absolute atomic E-state index is 3.44. The second-order valence-electron chi connectivity index (χ2n) is 14.5. The second-order valence-corrected chi connectivity index (χ2v) is 14.5. The molecule has 8 rings (SSSR count). The van der Waals surface area contributed by atoms with Crippen LogP contribution in [0.25, 0.3) is 33.4 Å². The Bertz CT molecular complexity index is 2200. The molecule has 2 aliphatic heterocycles. The standard InChI is InChI=1S/C47H45N3/c1-32-25-40(34-15-8-6-9-16-34)31-49(5)46(32)50(41-18-10-7-11-19-41)33(2)37-26-38(28-39(27-37)36-17-14-24-48-30-36)35-22-23-45-43(29-35)42-20-12-13-21-44(42)47(45,3)4/h6-29,33,48H,30-31H2,1-5H3. The first-order valence-corrected chi connectivity index (χ1v) is 17.8. The number of hydrogen-bond donors (Lipinski definition) is 1. The van der Waals surface area contributed by atoms with E-state index < -0.39 is 0 Å². The highest BCUT2D eigenvalue weighted by molar-refractivity contribution is 5.85. The average molecular weight is 652 g/mol. The predicted octanol–water partition coefficient (Wildman–Crippen LogP) is 11.0. The van der Waals surface area contributed by atoms with Gasteiger partial charge in [0, 0.05) is 31.2 Å². The molecule has 3 nitrogen and oxygen atoms in total. The molecule has 50 heavy (non-hydrogen) atoms. The molecule has 1 aliphatic carbocycles. The van der Waals surface area contributed by atoms with Crippen molar-refractivity contribution >= 4 is 16.8 Å². The number of hydrogen-bond acceptors (Lipinski definition) is 3. The number of nitrogens with one attached hydrogen (secondary N) is 1. The minimum atomic E-state index is -0.0144. The molecule has 5 aromatic carbocycles. The molecule has 3 aliphatic rings. The van der Waals surface area contributed by atoms with Gasteiger partial charge in [-0.3, -0.25) is 0 Å². The number of allylic oxidation sites excluding steroid dienone is 4. The summed E-state index contributed by atoms with van der Waals surface area (Å²) in [5.41, 5.74) is 16.9. The van der Waals surface area contributed by atoms with E-state index in [1.165, 1.54) is 78.3 Å². The molecule has 2 heterocycles. The van der Waals surface area contributed by atoms with Crippen molar-refractivity contribution in [1.29, 1.82) is 0 Å². The van der Waals surface area contributed by atoms with E-state index in [4.69, 9.17) is 0 Å². The van der Waals surface area contributed by atoms with Crippen LogP contribution in [0.5, 0.6) is 0 Å². The van der Waals surface area contributed by atoms with Crippen LogP contribution in [0.15, 0.2) is 157 Å². The predicted molar refractivity (Wildman–Crippen MR) is 212 cm³/mol. The van der Waals surface area contributed by atoms with E-state index in [0.717, 1.165) is 13.1 Å². The fourth-order valence-electron chi connectivity index (χ4n) is 8.27. The fraction of sp³-hybridized carbons (Fsp3) is 0.191. The summed E-state index contributed by atoms with van der Waals surface area (Å²) < 4.78 is 0. The molecule has 1 atom stereocenters. The minimum Gasteiger partial charge on any atom is -0.387 e. The maximum Gasteiger partial charge on any atom is 0.112 e. The molecule has 5 aromatic rings. The number of para-hydroxylation sites is 1. The Morgan fingerprint density at radius 2 is 1.40 bits per heavy atom. The average Bonchev–Trinajstić information content (AvgIpc) is 3.39. The Labute approximate surface area is 297 Å². The third-order valence-electron chi connectivity index (χ3n) is 10.8. The number of nitrogens with zero attached hydrogens (tertiary/aromatic N) is 2. The Hall–Kier alpha value is -5.54. The van der Waals surface area contributed by atoms with Crippen LogP contribution in [0.2, 0.25) is 0 Å². The molecule has 0 spiro atoms. The van der Waals surface area contributed by atoms with Crippen LogP contribution in [-0.4, -0.2) is 25.0 Å². The molecule has 248 valence electrons. The van der Waals surface area contributed by atoms with Crippen LogP contribution >= 0.6 is 0 Å². The Morgan fingerprint density at radius 3 is 2.14 bits per heavy atom. The van der Waals surface area contributed by atoms with E-state index in [0.29, 0.717) is 0 Å². The number of fused-ring (bicyclic) bond motifs is 3. The molecule has 0 aromatic heterocycles. The van der Waals surface area contributed by atoms with Crippen LogP contribution in [0, 0.1) is 0 Å². The molecular weight excluding hydrogens is 607 g/mol. The zero-order valence-electron chi connectivity index (χ0n) is 29.7. The summed E-state index contributed by atoms with van der Waals surface area (Å²) in [5, 5.41) is 3.44. The molecule has 0 fully saturated rings. The van der Waals surface area contributed by atoms with Gasteiger partial charge in [-0.05, 0) is 129 Å². The Kier molecular flexibility index (Phi) is 8.07. The van der Waals surface area contributed by atoms with Gasteiger partial charge in [-0.15, -0.1) is 0 Å². The molecule has 1 unspecified atom stereocenters. The van der Waals surface area contributed by atoms with E-state index in [1.54, 1.807) is 0 Å². The zero-order chi connectivity index (χ0) is 34.4. The molecule has 3 heteroatoms. The van der Waals surface area contributed by atoms with Gasteiger partial charge < -0.3 is 15.1 Å². The first-order valence-electron chi connectivity index (χ1n) is 17.8. The number of rotatable bonds is 7. The summed E-state index contributed by atoms with van der Waals surface area (Å²) in [6.45, 7) is 11.0. The van der Waals surface area contributed by atoms with Crippen molar-refractivity contribution in [1.82, 2.24) is 10.2 Å². The Balaban J connectivity index is 1.27. The fourth-order valence-corrected chi connectivity index (χ4v) is 8.27. The number of benzene rings is 5. The van der Waals surface area contributed by atoms with E-state index in [2.05, 4.69) is 189 Å². The summed E-state index contributed by atoms with van der Waals surface area (Å²) in [6.07, 6.45) is 8.77. The molecule has 0 radical (unpaired) electrons. The number of anilines is 1. The second kappa shape index (κ2) is 12.7. The van der Waals surface area contributed by atoms with Crippen molar-refractivity contribution < 1.29 is 0 Å². The van der Waals surface area contributed by atoms with Gasteiger partial charge in [0.05, 0.1) is 6.04 Å². The normalized spacial score (nSPS) is 16.6. The Morgan fingerprint density at radius 1 is 0.700 bits per heavy atom. The molecule has 0 bridgehead atoms. The van der Waals surface area contributed by atoms with E-state index in [9.17, 15) is 0 Å². The molecule has 0 amide bonds. The van der Waals surface area contributed by atoms with Crippen LogP contribution in [-0.2, 0) is 5.41 Å². The first kappa shape index (κ1) is 31.7. The molecule has 0 saturated carbocycles. The van der Waals surface area contributed by atoms with Crippen molar-refractivity contribution in [2.75, 3.05) is 25.0 Å². The smallest absolute Gasteiger partial charge is 0.112 e. The maximum atomic E-state index is 3.44. The monoisotopic (exact) mass is 651 g/mol. The number of likely N-dealkylation sites (N-methyl/N-ethyl adjacent to an activating group) is 1. The van der Waals surface area contributed by atoms with Gasteiger partial charge in [0.15, 0.2) is 0 Å². The number of dihydropyridines is 1. The molecular formula is C47H45N3. The van der Waals surface area contributed by atoms with Gasteiger partial charge in [-0.2, -0.15) is 0 Å². The summed E-state index contributed by atoms with van der Waals surface area (Å²) >= 11 is 0.